The van der Waals surface area contributed by atoms with Crippen LogP contribution in [-0.2, 0) is 14.8 Å². The van der Waals surface area contributed by atoms with Crippen LogP contribution < -0.4 is 4.72 Å². The maximum Gasteiger partial charge on any atom is 0.359 e. The predicted molar refractivity (Wildman–Crippen MR) is 71.6 cm³/mol. The Kier molecular flexibility index (Phi) is 4.51. The number of quaternary nitrogens is 1. The molecule has 1 aromatic carbocycles. The number of carbonyl (C=O) groups excluding carboxylic acids is 1. The summed E-state index contributed by atoms with van der Waals surface area (Å²) in [5.41, 5.74) is 0.220. The first kappa shape index (κ1) is 16.1. The van der Waals surface area contributed by atoms with Gasteiger partial charge < -0.3 is 9.59 Å². The average molecular weight is 301 g/mol. The molecular formula is C12H17N2O5S+. The molecule has 2 N–H and O–H groups in total. The van der Waals surface area contributed by atoms with Gasteiger partial charge in [-0.2, -0.15) is 0 Å². The number of benzene rings is 1. The summed E-state index contributed by atoms with van der Waals surface area (Å²) in [6, 6.07) is 6.09. The minimum absolute atomic E-state index is 0.0648. The topological polar surface area (TPSA) is 101 Å². The van der Waals surface area contributed by atoms with E-state index in [-0.39, 0.29) is 17.0 Å². The first-order valence-electron chi connectivity index (χ1n) is 5.71. The molecule has 0 saturated heterocycles. The molecule has 20 heavy (non-hydrogen) atoms. The number of rotatable bonds is 2. The molecule has 8 heteroatoms. The van der Waals surface area contributed by atoms with Gasteiger partial charge in [0.25, 0.3) is 15.9 Å². The van der Waals surface area contributed by atoms with E-state index in [4.69, 9.17) is 5.11 Å². The summed E-state index contributed by atoms with van der Waals surface area (Å²) in [4.78, 5) is 21.1. The summed E-state index contributed by atoms with van der Waals surface area (Å²) in [6.07, 6.45) is 0. The summed E-state index contributed by atoms with van der Waals surface area (Å²) in [5, 5.41) is 8.23. The van der Waals surface area contributed by atoms with Crippen molar-refractivity contribution >= 4 is 21.9 Å². The number of nitrogens with zero attached hydrogens (tertiary/aromatic N) is 1. The third-order valence-corrected chi connectivity index (χ3v) is 3.65. The van der Waals surface area contributed by atoms with E-state index < -0.39 is 21.9 Å². The number of fused-ring (bicyclic) bond motifs is 1. The van der Waals surface area contributed by atoms with Crippen molar-refractivity contribution in [3.05, 3.63) is 29.8 Å². The fourth-order valence-corrected chi connectivity index (χ4v) is 2.70. The Bertz CT molecular complexity index is 631. The number of carboxylic acid groups (broad SMARTS) is 1. The Morgan fingerprint density at radius 3 is 2.20 bits per heavy atom. The molecule has 7 nitrogen and oxygen atoms in total. The van der Waals surface area contributed by atoms with Gasteiger partial charge in [0, 0.05) is 0 Å². The van der Waals surface area contributed by atoms with Crippen LogP contribution in [0, 0.1) is 0 Å². The Balaban J connectivity index is 0.000000221. The van der Waals surface area contributed by atoms with E-state index in [1.807, 2.05) is 25.9 Å². The van der Waals surface area contributed by atoms with E-state index in [2.05, 4.69) is 0 Å². The number of amides is 1. The number of carboxylic acids is 1. The standard InChI is InChI=1S/C7H5NO3S.C5H11NO2/c9-7-5-3-1-2-4-6(5)12(10,11)8-7;1-6(2,3)4-5(7)8/h1-4H,(H,8,9);4H2,1-3H3/p+1. The van der Waals surface area contributed by atoms with Gasteiger partial charge in [-0.05, 0) is 12.1 Å². The lowest BCUT2D eigenvalue weighted by Crippen LogP contribution is -2.39. The van der Waals surface area contributed by atoms with Gasteiger partial charge in [0.2, 0.25) is 0 Å². The first-order chi connectivity index (χ1) is 9.03. The van der Waals surface area contributed by atoms with Gasteiger partial charge in [-0.15, -0.1) is 0 Å². The van der Waals surface area contributed by atoms with Crippen LogP contribution in [0.1, 0.15) is 10.4 Å². The van der Waals surface area contributed by atoms with Crippen molar-refractivity contribution in [2.75, 3.05) is 27.7 Å². The lowest BCUT2D eigenvalue weighted by molar-refractivity contribution is -0.862. The molecular weight excluding hydrogens is 284 g/mol. The van der Waals surface area contributed by atoms with Crippen molar-refractivity contribution in [3.63, 3.8) is 0 Å². The second kappa shape index (κ2) is 5.59. The lowest BCUT2D eigenvalue weighted by Gasteiger charge is -2.20. The summed E-state index contributed by atoms with van der Waals surface area (Å²) in [7, 11) is 1.97. The minimum atomic E-state index is -3.55. The van der Waals surface area contributed by atoms with E-state index in [0.29, 0.717) is 4.48 Å². The van der Waals surface area contributed by atoms with Gasteiger partial charge in [0.15, 0.2) is 6.54 Å². The number of likely N-dealkylation sites (N-methyl/N-ethyl adjacent to an activating group) is 1. The molecule has 2 rings (SSSR count). The zero-order chi connectivity index (χ0) is 15.6. The molecule has 1 heterocycles. The zero-order valence-electron chi connectivity index (χ0n) is 11.5. The Hall–Kier alpha value is -1.93. The summed E-state index contributed by atoms with van der Waals surface area (Å²) in [5.74, 6) is -1.30. The highest BCUT2D eigenvalue weighted by Crippen LogP contribution is 2.20. The number of aliphatic carboxylic acids is 1. The fourth-order valence-electron chi connectivity index (χ4n) is 1.53. The van der Waals surface area contributed by atoms with Crippen molar-refractivity contribution in [2.45, 2.75) is 4.90 Å². The van der Waals surface area contributed by atoms with Gasteiger partial charge >= 0.3 is 5.97 Å². The average Bonchev–Trinajstić information content (AvgIpc) is 2.48. The van der Waals surface area contributed by atoms with Gasteiger partial charge in [-0.25, -0.2) is 17.9 Å². The third-order valence-electron chi connectivity index (χ3n) is 2.26. The third kappa shape index (κ3) is 4.32. The molecule has 0 unspecified atom stereocenters. The van der Waals surface area contributed by atoms with Gasteiger partial charge in [0.05, 0.1) is 26.7 Å². The van der Waals surface area contributed by atoms with Crippen molar-refractivity contribution in [1.29, 1.82) is 0 Å². The highest BCUT2D eigenvalue weighted by atomic mass is 32.2. The number of carbonyl (C=O) groups is 2. The maximum absolute atomic E-state index is 11.1. The molecule has 1 aromatic rings. The quantitative estimate of drug-likeness (QED) is 0.743. The molecule has 1 aliphatic heterocycles. The van der Waals surface area contributed by atoms with Gasteiger partial charge in [-0.3, -0.25) is 4.79 Å². The van der Waals surface area contributed by atoms with Crippen molar-refractivity contribution in [1.82, 2.24) is 4.72 Å². The van der Waals surface area contributed by atoms with Crippen molar-refractivity contribution in [2.24, 2.45) is 0 Å². The van der Waals surface area contributed by atoms with E-state index in [0.717, 1.165) is 0 Å². The lowest BCUT2D eigenvalue weighted by atomic mass is 10.2. The van der Waals surface area contributed by atoms with Crippen LogP contribution in [0.25, 0.3) is 0 Å². The molecule has 0 fully saturated rings. The second-order valence-corrected chi connectivity index (χ2v) is 6.92. The molecule has 110 valence electrons. The van der Waals surface area contributed by atoms with Crippen LogP contribution in [0.15, 0.2) is 29.2 Å². The highest BCUT2D eigenvalue weighted by Gasteiger charge is 2.31. The van der Waals surface area contributed by atoms with Crippen LogP contribution in [0.2, 0.25) is 0 Å². The SMILES string of the molecule is C[N+](C)(C)CC(=O)O.O=C1NS(=O)(=O)c2ccccc21. The summed E-state index contributed by atoms with van der Waals surface area (Å²) < 4.78 is 24.6. The van der Waals surface area contributed by atoms with Gasteiger partial charge in [0.1, 0.15) is 4.90 Å². The second-order valence-electron chi connectivity index (χ2n) is 5.27. The van der Waals surface area contributed by atoms with E-state index in [9.17, 15) is 18.0 Å². The van der Waals surface area contributed by atoms with Crippen molar-refractivity contribution in [3.8, 4) is 0 Å². The van der Waals surface area contributed by atoms with Crippen LogP contribution in [0.3, 0.4) is 0 Å². The molecule has 0 bridgehead atoms. The largest absolute Gasteiger partial charge is 0.477 e. The molecule has 0 atom stereocenters. The molecule has 1 amide bonds. The molecule has 0 saturated carbocycles. The zero-order valence-corrected chi connectivity index (χ0v) is 12.3. The molecule has 1 aliphatic rings. The monoisotopic (exact) mass is 301 g/mol. The van der Waals surface area contributed by atoms with Crippen LogP contribution in [0.4, 0.5) is 0 Å². The minimum Gasteiger partial charge on any atom is -0.477 e. The molecule has 0 radical (unpaired) electrons. The summed E-state index contributed by atoms with van der Waals surface area (Å²) >= 11 is 0. The Morgan fingerprint density at radius 2 is 1.80 bits per heavy atom. The van der Waals surface area contributed by atoms with Crippen LogP contribution in [0.5, 0.6) is 0 Å². The van der Waals surface area contributed by atoms with E-state index >= 15 is 0 Å². The Labute approximate surface area is 117 Å². The number of sulfonamides is 1. The number of hydrogen-bond acceptors (Lipinski definition) is 4. The summed E-state index contributed by atoms with van der Waals surface area (Å²) in [6.45, 7) is 0.181. The normalized spacial score (nSPS) is 15.7. The van der Waals surface area contributed by atoms with Gasteiger partial charge in [-0.1, -0.05) is 12.1 Å². The van der Waals surface area contributed by atoms with Crippen LogP contribution in [-0.4, -0.2) is 57.6 Å². The van der Waals surface area contributed by atoms with E-state index in [1.54, 1.807) is 12.1 Å². The highest BCUT2D eigenvalue weighted by molar-refractivity contribution is 7.90. The number of nitrogens with one attached hydrogen (secondary N) is 1. The maximum atomic E-state index is 11.1. The Morgan fingerprint density at radius 1 is 1.25 bits per heavy atom. The molecule has 0 aromatic heterocycles. The first-order valence-corrected chi connectivity index (χ1v) is 7.20. The smallest absolute Gasteiger partial charge is 0.359 e. The molecule has 0 aliphatic carbocycles. The van der Waals surface area contributed by atoms with Crippen LogP contribution >= 0.6 is 0 Å². The fraction of sp³-hybridized carbons (Fsp3) is 0.333. The molecule has 0 spiro atoms. The van der Waals surface area contributed by atoms with Crippen molar-refractivity contribution < 1.29 is 27.6 Å². The van der Waals surface area contributed by atoms with E-state index in [1.165, 1.54) is 12.1 Å². The number of hydrogen-bond donors (Lipinski definition) is 2. The predicted octanol–water partition coefficient (Wildman–Crippen LogP) is -0.104.